The topological polar surface area (TPSA) is 35.0 Å². The molecule has 0 saturated carbocycles. The Morgan fingerprint density at radius 3 is 2.59 bits per heavy atom. The van der Waals surface area contributed by atoms with E-state index in [2.05, 4.69) is 32.8 Å². The van der Waals surface area contributed by atoms with E-state index >= 15 is 0 Å². The average molecular weight is 314 g/mol. The van der Waals surface area contributed by atoms with Crippen LogP contribution in [-0.4, -0.2) is 9.97 Å². The summed E-state index contributed by atoms with van der Waals surface area (Å²) in [7, 11) is 0. The maximum atomic E-state index is 5.85. The molecule has 0 radical (unpaired) electrons. The number of ether oxygens (including phenoxy) is 1. The largest absolute Gasteiger partial charge is 0.438 e. The van der Waals surface area contributed by atoms with E-state index in [4.69, 9.17) is 16.3 Å². The number of nitrogens with zero attached hydrogens (tertiary/aromatic N) is 2. The summed E-state index contributed by atoms with van der Waals surface area (Å²) >= 11 is 9.13. The lowest BCUT2D eigenvalue weighted by atomic mass is 10.2. The molecule has 3 nitrogen and oxygen atoms in total. The summed E-state index contributed by atoms with van der Waals surface area (Å²) in [5.74, 6) is 1.13. The molecule has 0 spiro atoms. The molecule has 0 aliphatic heterocycles. The molecule has 0 bridgehead atoms. The maximum Gasteiger partial charge on any atom is 0.238 e. The van der Waals surface area contributed by atoms with E-state index < -0.39 is 0 Å². The fraction of sp³-hybridized carbons (Fsp3) is 0.167. The number of benzene rings is 1. The predicted octanol–water partition coefficient (Wildman–Crippen LogP) is 4.25. The first-order valence-corrected chi connectivity index (χ1v) is 6.30. The second kappa shape index (κ2) is 5.47. The molecule has 0 aliphatic carbocycles. The Kier molecular flexibility index (Phi) is 3.97. The molecule has 1 aromatic carbocycles. The van der Waals surface area contributed by atoms with Gasteiger partial charge in [-0.05, 0) is 40.0 Å². The van der Waals surface area contributed by atoms with Crippen molar-refractivity contribution in [1.29, 1.82) is 0 Å². The molecule has 0 atom stereocenters. The molecule has 5 heteroatoms. The molecule has 0 amide bonds. The highest BCUT2D eigenvalue weighted by Gasteiger charge is 2.08. The third kappa shape index (κ3) is 2.96. The van der Waals surface area contributed by atoms with E-state index in [-0.39, 0.29) is 0 Å². The van der Waals surface area contributed by atoms with Gasteiger partial charge in [-0.3, -0.25) is 0 Å². The first kappa shape index (κ1) is 12.3. The lowest BCUT2D eigenvalue weighted by Gasteiger charge is -2.07. The summed E-state index contributed by atoms with van der Waals surface area (Å²) in [6.45, 7) is 2.11. The predicted molar refractivity (Wildman–Crippen MR) is 70.6 cm³/mol. The van der Waals surface area contributed by atoms with Crippen LogP contribution >= 0.6 is 27.5 Å². The third-order valence-corrected chi connectivity index (χ3v) is 3.49. The smallest absolute Gasteiger partial charge is 0.238 e. The Morgan fingerprint density at radius 1 is 1.24 bits per heavy atom. The zero-order valence-corrected chi connectivity index (χ0v) is 11.5. The van der Waals surface area contributed by atoms with Gasteiger partial charge in [0.25, 0.3) is 0 Å². The average Bonchev–Trinajstić information content (AvgIpc) is 2.36. The van der Waals surface area contributed by atoms with Crippen LogP contribution in [0.1, 0.15) is 12.5 Å². The minimum Gasteiger partial charge on any atom is -0.438 e. The Labute approximate surface area is 113 Å². The Hall–Kier alpha value is -1.13. The van der Waals surface area contributed by atoms with Gasteiger partial charge in [0.05, 0.1) is 0 Å². The van der Waals surface area contributed by atoms with E-state index in [0.717, 1.165) is 12.2 Å². The third-order valence-electron chi connectivity index (χ3n) is 2.26. The van der Waals surface area contributed by atoms with Gasteiger partial charge in [-0.15, -0.1) is 0 Å². The monoisotopic (exact) mass is 312 g/mol. The van der Waals surface area contributed by atoms with Crippen molar-refractivity contribution in [1.82, 2.24) is 9.97 Å². The van der Waals surface area contributed by atoms with Gasteiger partial charge >= 0.3 is 0 Å². The molecular weight excluding hydrogens is 304 g/mol. The number of aromatic nitrogens is 2. The van der Waals surface area contributed by atoms with Crippen LogP contribution in [0.15, 0.2) is 35.1 Å². The van der Waals surface area contributed by atoms with Gasteiger partial charge in [0.1, 0.15) is 16.5 Å². The lowest BCUT2D eigenvalue weighted by Crippen LogP contribution is -1.91. The summed E-state index contributed by atoms with van der Waals surface area (Å²) in [4.78, 5) is 7.85. The van der Waals surface area contributed by atoms with Crippen molar-refractivity contribution in [3.63, 3.8) is 0 Å². The minimum absolute atomic E-state index is 0.333. The van der Waals surface area contributed by atoms with Crippen LogP contribution in [0, 0.1) is 0 Å². The van der Waals surface area contributed by atoms with Crippen molar-refractivity contribution < 1.29 is 4.74 Å². The number of rotatable bonds is 3. The zero-order valence-electron chi connectivity index (χ0n) is 9.15. The lowest BCUT2D eigenvalue weighted by molar-refractivity contribution is 0.458. The first-order valence-electron chi connectivity index (χ1n) is 5.13. The fourth-order valence-corrected chi connectivity index (χ4v) is 1.72. The molecule has 0 fully saturated rings. The second-order valence-corrected chi connectivity index (χ2v) is 4.53. The van der Waals surface area contributed by atoms with Crippen LogP contribution in [0.3, 0.4) is 0 Å². The van der Waals surface area contributed by atoms with Crippen molar-refractivity contribution >= 4 is 27.5 Å². The Morgan fingerprint density at radius 2 is 1.94 bits per heavy atom. The van der Waals surface area contributed by atoms with Crippen molar-refractivity contribution in [2.45, 2.75) is 13.3 Å². The number of hydrogen-bond acceptors (Lipinski definition) is 3. The van der Waals surface area contributed by atoms with E-state index in [9.17, 15) is 0 Å². The number of aryl methyl sites for hydroxylation is 1. The molecule has 88 valence electrons. The Bertz CT molecular complexity index is 516. The van der Waals surface area contributed by atoms with Crippen LogP contribution in [0.25, 0.3) is 0 Å². The highest BCUT2D eigenvalue weighted by molar-refractivity contribution is 9.10. The standard InChI is InChI=1S/C12H10BrClN2O/c1-2-8-3-5-9(6-4-8)17-12-10(13)11(14)15-7-16-12/h3-7H,2H2,1H3. The summed E-state index contributed by atoms with van der Waals surface area (Å²) in [6.07, 6.45) is 2.37. The van der Waals surface area contributed by atoms with Gasteiger partial charge in [-0.1, -0.05) is 30.7 Å². The zero-order chi connectivity index (χ0) is 12.3. The molecule has 0 N–H and O–H groups in total. The van der Waals surface area contributed by atoms with Gasteiger partial charge in [0, 0.05) is 0 Å². The minimum atomic E-state index is 0.333. The molecule has 1 heterocycles. The van der Waals surface area contributed by atoms with E-state index in [0.29, 0.717) is 15.5 Å². The van der Waals surface area contributed by atoms with Gasteiger partial charge < -0.3 is 4.74 Å². The second-order valence-electron chi connectivity index (χ2n) is 3.38. The van der Waals surface area contributed by atoms with Crippen LogP contribution in [0.2, 0.25) is 5.15 Å². The van der Waals surface area contributed by atoms with Crippen LogP contribution in [0.4, 0.5) is 0 Å². The summed E-state index contributed by atoms with van der Waals surface area (Å²) in [5.41, 5.74) is 1.26. The van der Waals surface area contributed by atoms with E-state index in [1.807, 2.05) is 24.3 Å². The van der Waals surface area contributed by atoms with Crippen LogP contribution in [0.5, 0.6) is 11.6 Å². The highest BCUT2D eigenvalue weighted by atomic mass is 79.9. The summed E-state index contributed by atoms with van der Waals surface area (Å²) < 4.78 is 6.16. The summed E-state index contributed by atoms with van der Waals surface area (Å²) in [6, 6.07) is 7.85. The van der Waals surface area contributed by atoms with Crippen molar-refractivity contribution in [3.05, 3.63) is 45.8 Å². The molecule has 17 heavy (non-hydrogen) atoms. The number of hydrogen-bond donors (Lipinski definition) is 0. The van der Waals surface area contributed by atoms with Gasteiger partial charge in [-0.2, -0.15) is 0 Å². The summed E-state index contributed by atoms with van der Waals surface area (Å²) in [5, 5.41) is 0.333. The van der Waals surface area contributed by atoms with Gasteiger partial charge in [0.2, 0.25) is 5.88 Å². The molecule has 2 aromatic rings. The van der Waals surface area contributed by atoms with Gasteiger partial charge in [-0.25, -0.2) is 9.97 Å². The van der Waals surface area contributed by atoms with E-state index in [1.54, 1.807) is 0 Å². The van der Waals surface area contributed by atoms with Crippen LogP contribution in [-0.2, 0) is 6.42 Å². The molecule has 0 aliphatic rings. The molecular formula is C12H10BrClN2O. The Balaban J connectivity index is 2.22. The quantitative estimate of drug-likeness (QED) is 0.795. The fourth-order valence-electron chi connectivity index (χ4n) is 1.31. The molecule has 0 saturated heterocycles. The van der Waals surface area contributed by atoms with Crippen LogP contribution < -0.4 is 4.74 Å². The van der Waals surface area contributed by atoms with Crippen molar-refractivity contribution in [2.75, 3.05) is 0 Å². The normalized spacial score (nSPS) is 10.3. The van der Waals surface area contributed by atoms with Gasteiger partial charge in [0.15, 0.2) is 5.15 Å². The maximum absolute atomic E-state index is 5.85. The molecule has 1 aromatic heterocycles. The van der Waals surface area contributed by atoms with Crippen molar-refractivity contribution in [2.24, 2.45) is 0 Å². The SMILES string of the molecule is CCc1ccc(Oc2ncnc(Cl)c2Br)cc1. The molecule has 0 unspecified atom stereocenters. The highest BCUT2D eigenvalue weighted by Crippen LogP contribution is 2.31. The van der Waals surface area contributed by atoms with E-state index in [1.165, 1.54) is 11.9 Å². The first-order chi connectivity index (χ1) is 8.20. The number of halogens is 2. The van der Waals surface area contributed by atoms with Crippen molar-refractivity contribution in [3.8, 4) is 11.6 Å². The molecule has 2 rings (SSSR count).